The molecule has 0 radical (unpaired) electrons. The number of amides is 1. The van der Waals surface area contributed by atoms with E-state index in [0.29, 0.717) is 5.69 Å². The van der Waals surface area contributed by atoms with Crippen molar-refractivity contribution in [2.75, 3.05) is 11.9 Å². The summed E-state index contributed by atoms with van der Waals surface area (Å²) < 4.78 is 42.7. The zero-order valence-corrected chi connectivity index (χ0v) is 14.0. The minimum Gasteiger partial charge on any atom is -0.455 e. The van der Waals surface area contributed by atoms with Crippen molar-refractivity contribution in [3.63, 3.8) is 0 Å². The normalized spacial score (nSPS) is 10.7. The van der Waals surface area contributed by atoms with Crippen molar-refractivity contribution < 1.29 is 27.5 Å². The first-order valence-corrected chi connectivity index (χ1v) is 7.85. The smallest absolute Gasteiger partial charge is 0.416 e. The number of nitriles is 1. The van der Waals surface area contributed by atoms with E-state index in [1.807, 2.05) is 6.07 Å². The lowest BCUT2D eigenvalue weighted by atomic mass is 10.1. The standard InChI is InChI=1S/C19H15F3N2O3/c20-19(21,22)15-3-1-2-14(10-15)11-18(26)27-12-17(25)24-16-6-4-13(5-7-16)8-9-23/h1-7,10H,8,11-12H2,(H,24,25). The van der Waals surface area contributed by atoms with Gasteiger partial charge < -0.3 is 10.1 Å². The molecule has 0 aromatic heterocycles. The van der Waals surface area contributed by atoms with E-state index in [9.17, 15) is 22.8 Å². The second-order valence-electron chi connectivity index (χ2n) is 5.62. The summed E-state index contributed by atoms with van der Waals surface area (Å²) in [6.45, 7) is -0.558. The molecular weight excluding hydrogens is 361 g/mol. The Labute approximate surface area is 153 Å². The van der Waals surface area contributed by atoms with E-state index in [0.717, 1.165) is 17.7 Å². The second-order valence-corrected chi connectivity index (χ2v) is 5.62. The Hall–Kier alpha value is -3.34. The van der Waals surface area contributed by atoms with Crippen molar-refractivity contribution in [3.05, 3.63) is 65.2 Å². The molecular formula is C19H15F3N2O3. The summed E-state index contributed by atoms with van der Waals surface area (Å²) in [5.74, 6) is -1.39. The van der Waals surface area contributed by atoms with E-state index in [-0.39, 0.29) is 18.4 Å². The molecule has 2 rings (SSSR count). The molecule has 0 fully saturated rings. The molecule has 0 heterocycles. The van der Waals surface area contributed by atoms with Crippen LogP contribution in [0, 0.1) is 11.3 Å². The number of alkyl halides is 3. The molecule has 27 heavy (non-hydrogen) atoms. The van der Waals surface area contributed by atoms with Crippen LogP contribution in [0.1, 0.15) is 16.7 Å². The number of halogens is 3. The van der Waals surface area contributed by atoms with Crippen molar-refractivity contribution in [3.8, 4) is 6.07 Å². The molecule has 0 unspecified atom stereocenters. The molecule has 0 atom stereocenters. The number of hydrogen-bond donors (Lipinski definition) is 1. The van der Waals surface area contributed by atoms with Gasteiger partial charge in [0.15, 0.2) is 6.61 Å². The van der Waals surface area contributed by atoms with Gasteiger partial charge in [0.2, 0.25) is 0 Å². The Morgan fingerprint density at radius 3 is 2.41 bits per heavy atom. The highest BCUT2D eigenvalue weighted by molar-refractivity contribution is 5.92. The quantitative estimate of drug-likeness (QED) is 0.783. The number of esters is 1. The summed E-state index contributed by atoms with van der Waals surface area (Å²) in [5, 5.41) is 11.1. The van der Waals surface area contributed by atoms with E-state index in [1.165, 1.54) is 12.1 Å². The Balaban J connectivity index is 1.83. The average Bonchev–Trinajstić information content (AvgIpc) is 2.61. The lowest BCUT2D eigenvalue weighted by Gasteiger charge is -2.09. The fourth-order valence-electron chi connectivity index (χ4n) is 2.22. The number of benzene rings is 2. The minimum atomic E-state index is -4.50. The van der Waals surface area contributed by atoms with E-state index in [4.69, 9.17) is 10.00 Å². The van der Waals surface area contributed by atoms with Crippen LogP contribution in [0.25, 0.3) is 0 Å². The lowest BCUT2D eigenvalue weighted by Crippen LogP contribution is -2.21. The maximum atomic E-state index is 12.6. The van der Waals surface area contributed by atoms with Gasteiger partial charge >= 0.3 is 12.1 Å². The van der Waals surface area contributed by atoms with Gasteiger partial charge in [0.05, 0.1) is 24.5 Å². The summed E-state index contributed by atoms with van der Waals surface area (Å²) in [6.07, 6.45) is -4.62. The number of carbonyl (C=O) groups is 2. The largest absolute Gasteiger partial charge is 0.455 e. The van der Waals surface area contributed by atoms with Crippen molar-refractivity contribution in [2.24, 2.45) is 0 Å². The molecule has 0 bridgehead atoms. The zero-order valence-electron chi connectivity index (χ0n) is 14.0. The zero-order chi connectivity index (χ0) is 19.9. The Morgan fingerprint density at radius 1 is 1.07 bits per heavy atom. The number of anilines is 1. The highest BCUT2D eigenvalue weighted by atomic mass is 19.4. The van der Waals surface area contributed by atoms with Crippen LogP contribution < -0.4 is 5.32 Å². The van der Waals surface area contributed by atoms with Crippen molar-refractivity contribution in [1.29, 1.82) is 5.26 Å². The second kappa shape index (κ2) is 8.85. The SMILES string of the molecule is N#CCc1ccc(NC(=O)COC(=O)Cc2cccc(C(F)(F)F)c2)cc1. The molecule has 140 valence electrons. The van der Waals surface area contributed by atoms with Crippen molar-refractivity contribution in [1.82, 2.24) is 0 Å². The summed E-state index contributed by atoms with van der Waals surface area (Å²) in [7, 11) is 0. The van der Waals surface area contributed by atoms with Crippen LogP contribution in [0.3, 0.4) is 0 Å². The van der Waals surface area contributed by atoms with Gasteiger partial charge in [-0.3, -0.25) is 9.59 Å². The molecule has 0 saturated heterocycles. The third kappa shape index (κ3) is 6.47. The van der Waals surface area contributed by atoms with Crippen LogP contribution in [0.15, 0.2) is 48.5 Å². The molecule has 2 aromatic carbocycles. The Kier molecular flexibility index (Phi) is 6.55. The van der Waals surface area contributed by atoms with E-state index in [2.05, 4.69) is 5.32 Å². The van der Waals surface area contributed by atoms with Gasteiger partial charge in [0.25, 0.3) is 5.91 Å². The number of hydrogen-bond acceptors (Lipinski definition) is 4. The lowest BCUT2D eigenvalue weighted by molar-refractivity contribution is -0.146. The summed E-state index contributed by atoms with van der Waals surface area (Å²) in [5.41, 5.74) is 0.548. The van der Waals surface area contributed by atoms with Crippen LogP contribution in [0.2, 0.25) is 0 Å². The molecule has 1 N–H and O–H groups in total. The molecule has 0 saturated carbocycles. The van der Waals surface area contributed by atoms with Crippen LogP contribution in [0.5, 0.6) is 0 Å². The summed E-state index contributed by atoms with van der Waals surface area (Å²) in [6, 6.07) is 12.9. The first-order chi connectivity index (χ1) is 12.8. The average molecular weight is 376 g/mol. The molecule has 0 aliphatic heterocycles. The molecule has 5 nitrogen and oxygen atoms in total. The Morgan fingerprint density at radius 2 is 1.78 bits per heavy atom. The van der Waals surface area contributed by atoms with Crippen LogP contribution in [-0.2, 0) is 33.3 Å². The van der Waals surface area contributed by atoms with Gasteiger partial charge in [0, 0.05) is 5.69 Å². The first-order valence-electron chi connectivity index (χ1n) is 7.85. The van der Waals surface area contributed by atoms with Crippen molar-refractivity contribution >= 4 is 17.6 Å². The van der Waals surface area contributed by atoms with Crippen molar-refractivity contribution in [2.45, 2.75) is 19.0 Å². The van der Waals surface area contributed by atoms with E-state index < -0.39 is 30.2 Å². The van der Waals surface area contributed by atoms with Gasteiger partial charge in [-0.2, -0.15) is 18.4 Å². The monoisotopic (exact) mass is 376 g/mol. The molecule has 1 amide bonds. The molecule has 0 spiro atoms. The molecule has 8 heteroatoms. The van der Waals surface area contributed by atoms with E-state index >= 15 is 0 Å². The molecule has 0 aliphatic rings. The highest BCUT2D eigenvalue weighted by Gasteiger charge is 2.30. The fourth-order valence-corrected chi connectivity index (χ4v) is 2.22. The van der Waals surface area contributed by atoms with Gasteiger partial charge in [-0.25, -0.2) is 0 Å². The van der Waals surface area contributed by atoms with Gasteiger partial charge in [-0.05, 0) is 29.3 Å². The third-order valence-electron chi connectivity index (χ3n) is 3.49. The maximum Gasteiger partial charge on any atom is 0.416 e. The number of ether oxygens (including phenoxy) is 1. The van der Waals surface area contributed by atoms with Crippen LogP contribution >= 0.6 is 0 Å². The predicted molar refractivity (Wildman–Crippen MR) is 90.5 cm³/mol. The van der Waals surface area contributed by atoms with E-state index in [1.54, 1.807) is 24.3 Å². The number of nitrogens with one attached hydrogen (secondary N) is 1. The van der Waals surface area contributed by atoms with Gasteiger partial charge in [0.1, 0.15) is 0 Å². The topological polar surface area (TPSA) is 79.2 Å². The van der Waals surface area contributed by atoms with Crippen LogP contribution in [0.4, 0.5) is 18.9 Å². The number of rotatable bonds is 6. The third-order valence-corrected chi connectivity index (χ3v) is 3.49. The number of nitrogens with zero attached hydrogens (tertiary/aromatic N) is 1. The minimum absolute atomic E-state index is 0.142. The molecule has 2 aromatic rings. The highest BCUT2D eigenvalue weighted by Crippen LogP contribution is 2.29. The Bertz CT molecular complexity index is 856. The van der Waals surface area contributed by atoms with Crippen LogP contribution in [-0.4, -0.2) is 18.5 Å². The van der Waals surface area contributed by atoms with Gasteiger partial charge in [-0.1, -0.05) is 30.3 Å². The summed E-state index contributed by atoms with van der Waals surface area (Å²) in [4.78, 5) is 23.5. The van der Waals surface area contributed by atoms with Gasteiger partial charge in [-0.15, -0.1) is 0 Å². The molecule has 0 aliphatic carbocycles. The summed E-state index contributed by atoms with van der Waals surface area (Å²) >= 11 is 0. The predicted octanol–water partition coefficient (Wildman–Crippen LogP) is 3.50. The maximum absolute atomic E-state index is 12.6. The number of carbonyl (C=O) groups excluding carboxylic acids is 2. The first kappa shape index (κ1) is 20.0. The fraction of sp³-hybridized carbons (Fsp3) is 0.211.